The molecule has 1 heterocycles. The van der Waals surface area contributed by atoms with E-state index in [1.165, 1.54) is 0 Å². The van der Waals surface area contributed by atoms with Gasteiger partial charge in [0.25, 0.3) is 0 Å². The standard InChI is InChI=1S/C20H32O6/c1-6-11-21-15-16-17(23-12-7-2)18(24-13-8-3)19(25-14-9-4)20(26-16)22-10-5/h6-9,16-20H,1-4,10-15H2,5H3/t16-,17+,18+,19-,20+/m1/s1. The van der Waals surface area contributed by atoms with Crippen LogP contribution in [0.25, 0.3) is 0 Å². The second-order valence-electron chi connectivity index (χ2n) is 5.58. The Balaban J connectivity index is 3.04. The van der Waals surface area contributed by atoms with Crippen molar-refractivity contribution >= 4 is 0 Å². The molecular weight excluding hydrogens is 336 g/mol. The Morgan fingerprint density at radius 3 is 1.81 bits per heavy atom. The molecule has 6 heteroatoms. The maximum atomic E-state index is 6.10. The molecule has 0 aliphatic carbocycles. The average Bonchev–Trinajstić information content (AvgIpc) is 2.65. The van der Waals surface area contributed by atoms with Gasteiger partial charge in [-0.3, -0.25) is 0 Å². The van der Waals surface area contributed by atoms with Crippen LogP contribution in [0.15, 0.2) is 50.6 Å². The summed E-state index contributed by atoms with van der Waals surface area (Å²) in [6, 6.07) is 0. The zero-order valence-corrected chi connectivity index (χ0v) is 15.7. The maximum Gasteiger partial charge on any atom is 0.186 e. The van der Waals surface area contributed by atoms with Crippen LogP contribution in [0.4, 0.5) is 0 Å². The lowest BCUT2D eigenvalue weighted by atomic mass is 9.98. The predicted octanol–water partition coefficient (Wildman–Crippen LogP) is 2.66. The van der Waals surface area contributed by atoms with Crippen molar-refractivity contribution < 1.29 is 28.4 Å². The fraction of sp³-hybridized carbons (Fsp3) is 0.600. The third kappa shape index (κ3) is 7.15. The molecule has 0 spiro atoms. The first-order valence-electron chi connectivity index (χ1n) is 8.86. The molecule has 1 rings (SSSR count). The molecule has 0 radical (unpaired) electrons. The van der Waals surface area contributed by atoms with Gasteiger partial charge in [-0.2, -0.15) is 0 Å². The Bertz CT molecular complexity index is 425. The zero-order valence-electron chi connectivity index (χ0n) is 15.7. The summed E-state index contributed by atoms with van der Waals surface area (Å²) in [6.07, 6.45) is 4.43. The van der Waals surface area contributed by atoms with Crippen LogP contribution >= 0.6 is 0 Å². The van der Waals surface area contributed by atoms with Crippen molar-refractivity contribution in [2.45, 2.75) is 37.6 Å². The van der Waals surface area contributed by atoms with Gasteiger partial charge in [-0.15, -0.1) is 26.3 Å². The second-order valence-corrected chi connectivity index (χ2v) is 5.58. The van der Waals surface area contributed by atoms with Crippen LogP contribution in [0.1, 0.15) is 6.92 Å². The summed E-state index contributed by atoms with van der Waals surface area (Å²) in [6.45, 7) is 18.9. The highest BCUT2D eigenvalue weighted by molar-refractivity contribution is 4.94. The Kier molecular flexibility index (Phi) is 12.1. The molecule has 5 atom stereocenters. The van der Waals surface area contributed by atoms with E-state index in [0.717, 1.165) is 0 Å². The van der Waals surface area contributed by atoms with Gasteiger partial charge in [0, 0.05) is 6.61 Å². The summed E-state index contributed by atoms with van der Waals surface area (Å²) in [5.41, 5.74) is 0. The molecule has 1 aliphatic rings. The third-order valence-corrected chi connectivity index (χ3v) is 3.66. The average molecular weight is 368 g/mol. The monoisotopic (exact) mass is 368 g/mol. The summed E-state index contributed by atoms with van der Waals surface area (Å²) in [4.78, 5) is 0. The number of hydrogen-bond acceptors (Lipinski definition) is 6. The van der Waals surface area contributed by atoms with Gasteiger partial charge in [0.1, 0.15) is 24.4 Å². The smallest absolute Gasteiger partial charge is 0.186 e. The SMILES string of the molecule is C=CCOC[C@H]1O[C@H](OCC)[C@H](OCC=C)[C@@H](OCC=C)[C@H]1OCC=C. The quantitative estimate of drug-likeness (QED) is 0.327. The lowest BCUT2D eigenvalue weighted by molar-refractivity contribution is -0.318. The van der Waals surface area contributed by atoms with E-state index < -0.39 is 24.6 Å². The molecule has 0 aromatic rings. The van der Waals surface area contributed by atoms with Crippen molar-refractivity contribution in [3.05, 3.63) is 50.6 Å². The molecule has 0 aromatic heterocycles. The van der Waals surface area contributed by atoms with E-state index in [1.54, 1.807) is 24.3 Å². The summed E-state index contributed by atoms with van der Waals surface area (Å²) in [5, 5.41) is 0. The van der Waals surface area contributed by atoms with Crippen LogP contribution in [-0.4, -0.2) is 70.3 Å². The molecule has 0 amide bonds. The minimum absolute atomic E-state index is 0.319. The van der Waals surface area contributed by atoms with E-state index in [-0.39, 0.29) is 6.10 Å². The van der Waals surface area contributed by atoms with E-state index in [2.05, 4.69) is 26.3 Å². The highest BCUT2D eigenvalue weighted by Gasteiger charge is 2.48. The molecule has 1 saturated heterocycles. The van der Waals surface area contributed by atoms with Crippen molar-refractivity contribution in [2.75, 3.05) is 39.6 Å². The van der Waals surface area contributed by atoms with Gasteiger partial charge in [0.15, 0.2) is 6.29 Å². The van der Waals surface area contributed by atoms with E-state index in [9.17, 15) is 0 Å². The molecule has 26 heavy (non-hydrogen) atoms. The molecule has 1 fully saturated rings. The predicted molar refractivity (Wildman–Crippen MR) is 101 cm³/mol. The van der Waals surface area contributed by atoms with E-state index in [0.29, 0.717) is 39.6 Å². The lowest BCUT2D eigenvalue weighted by Crippen LogP contribution is -2.62. The van der Waals surface area contributed by atoms with Crippen LogP contribution in [-0.2, 0) is 28.4 Å². The number of rotatable bonds is 15. The molecular formula is C20H32O6. The minimum Gasteiger partial charge on any atom is -0.375 e. The van der Waals surface area contributed by atoms with Crippen LogP contribution in [0.2, 0.25) is 0 Å². The van der Waals surface area contributed by atoms with Crippen LogP contribution in [0, 0.1) is 0 Å². The molecule has 148 valence electrons. The van der Waals surface area contributed by atoms with E-state index >= 15 is 0 Å². The Morgan fingerprint density at radius 2 is 1.27 bits per heavy atom. The van der Waals surface area contributed by atoms with Crippen molar-refractivity contribution in [3.8, 4) is 0 Å². The topological polar surface area (TPSA) is 55.4 Å². The number of hydrogen-bond donors (Lipinski definition) is 0. The van der Waals surface area contributed by atoms with Crippen LogP contribution in [0.5, 0.6) is 0 Å². The van der Waals surface area contributed by atoms with Crippen LogP contribution < -0.4 is 0 Å². The van der Waals surface area contributed by atoms with Crippen molar-refractivity contribution in [2.24, 2.45) is 0 Å². The largest absolute Gasteiger partial charge is 0.375 e. The first-order valence-corrected chi connectivity index (χ1v) is 8.86. The van der Waals surface area contributed by atoms with Gasteiger partial charge >= 0.3 is 0 Å². The Morgan fingerprint density at radius 1 is 0.731 bits per heavy atom. The highest BCUT2D eigenvalue weighted by atomic mass is 16.7. The van der Waals surface area contributed by atoms with Gasteiger partial charge in [0.2, 0.25) is 0 Å². The summed E-state index contributed by atoms with van der Waals surface area (Å²) in [5.74, 6) is 0. The Hall–Kier alpha value is -1.28. The van der Waals surface area contributed by atoms with Gasteiger partial charge in [-0.25, -0.2) is 0 Å². The molecule has 6 nitrogen and oxygen atoms in total. The molecule has 0 N–H and O–H groups in total. The molecule has 0 bridgehead atoms. The first-order chi connectivity index (χ1) is 12.7. The summed E-state index contributed by atoms with van der Waals surface area (Å²) in [7, 11) is 0. The van der Waals surface area contributed by atoms with Crippen molar-refractivity contribution in [3.63, 3.8) is 0 Å². The van der Waals surface area contributed by atoms with E-state index in [1.807, 2.05) is 6.92 Å². The molecule has 1 aliphatic heterocycles. The lowest BCUT2D eigenvalue weighted by Gasteiger charge is -2.45. The van der Waals surface area contributed by atoms with E-state index in [4.69, 9.17) is 28.4 Å². The molecule has 0 unspecified atom stereocenters. The molecule has 0 aromatic carbocycles. The van der Waals surface area contributed by atoms with Crippen molar-refractivity contribution in [1.82, 2.24) is 0 Å². The fourth-order valence-corrected chi connectivity index (χ4v) is 2.68. The Labute approximate surface area is 157 Å². The first kappa shape index (κ1) is 22.8. The van der Waals surface area contributed by atoms with Gasteiger partial charge in [0.05, 0.1) is 33.0 Å². The second kappa shape index (κ2) is 13.9. The normalized spacial score (nSPS) is 28.4. The summed E-state index contributed by atoms with van der Waals surface area (Å²) >= 11 is 0. The van der Waals surface area contributed by atoms with Crippen LogP contribution in [0.3, 0.4) is 0 Å². The zero-order chi connectivity index (χ0) is 19.2. The van der Waals surface area contributed by atoms with Gasteiger partial charge in [-0.1, -0.05) is 24.3 Å². The van der Waals surface area contributed by atoms with Gasteiger partial charge < -0.3 is 28.4 Å². The minimum atomic E-state index is -0.601. The fourth-order valence-electron chi connectivity index (χ4n) is 2.68. The summed E-state index contributed by atoms with van der Waals surface area (Å²) < 4.78 is 35.3. The third-order valence-electron chi connectivity index (χ3n) is 3.66. The maximum absolute atomic E-state index is 6.10. The van der Waals surface area contributed by atoms with Gasteiger partial charge in [-0.05, 0) is 6.92 Å². The molecule has 0 saturated carbocycles. The highest BCUT2D eigenvalue weighted by Crippen LogP contribution is 2.29. The number of ether oxygens (including phenoxy) is 6. The van der Waals surface area contributed by atoms with Crippen molar-refractivity contribution in [1.29, 1.82) is 0 Å².